The van der Waals surface area contributed by atoms with Gasteiger partial charge in [-0.1, -0.05) is 6.07 Å². The zero-order chi connectivity index (χ0) is 26.6. The number of ether oxygens (including phenoxy) is 3. The van der Waals surface area contributed by atoms with Crippen LogP contribution in [0.4, 0.5) is 0 Å². The first-order valence-corrected chi connectivity index (χ1v) is 13.1. The number of hydrogen-bond acceptors (Lipinski definition) is 9. The van der Waals surface area contributed by atoms with E-state index in [9.17, 15) is 13.2 Å². The van der Waals surface area contributed by atoms with Crippen molar-refractivity contribution in [3.8, 4) is 33.5 Å². The van der Waals surface area contributed by atoms with Crippen molar-refractivity contribution in [1.82, 2.24) is 15.2 Å². The van der Waals surface area contributed by atoms with E-state index in [4.69, 9.17) is 19.3 Å². The number of carbonyl (C=O) groups excluding carboxylic acids is 1. The molecule has 37 heavy (non-hydrogen) atoms. The maximum atomic E-state index is 12.9. The molecule has 2 aromatic carbocycles. The largest absolute Gasteiger partial charge is 0.493 e. The van der Waals surface area contributed by atoms with E-state index >= 15 is 0 Å². The minimum absolute atomic E-state index is 0.0276. The molecular formula is C24H23N5O6S2. The van der Waals surface area contributed by atoms with Gasteiger partial charge in [0.15, 0.2) is 17.2 Å². The zero-order valence-corrected chi connectivity index (χ0v) is 21.7. The van der Waals surface area contributed by atoms with Crippen LogP contribution < -0.4 is 24.8 Å². The second-order valence-electron chi connectivity index (χ2n) is 7.50. The Kier molecular flexibility index (Phi) is 7.57. The van der Waals surface area contributed by atoms with Crippen LogP contribution in [0.15, 0.2) is 70.0 Å². The number of sulfonamides is 1. The lowest BCUT2D eigenvalue weighted by atomic mass is 10.2. The van der Waals surface area contributed by atoms with Gasteiger partial charge < -0.3 is 14.2 Å². The fourth-order valence-electron chi connectivity index (χ4n) is 3.46. The Balaban J connectivity index is 1.61. The number of hydrazone groups is 1. The van der Waals surface area contributed by atoms with Crippen LogP contribution in [-0.2, 0) is 10.0 Å². The van der Waals surface area contributed by atoms with Crippen LogP contribution in [0, 0.1) is 0 Å². The van der Waals surface area contributed by atoms with Crippen LogP contribution in [0.2, 0.25) is 0 Å². The van der Waals surface area contributed by atoms with E-state index in [2.05, 4.69) is 15.6 Å². The molecule has 4 rings (SSSR count). The molecule has 0 saturated carbocycles. The fourth-order valence-corrected chi connectivity index (χ4v) is 4.71. The Morgan fingerprint density at radius 2 is 1.73 bits per heavy atom. The highest BCUT2D eigenvalue weighted by Crippen LogP contribution is 2.37. The van der Waals surface area contributed by atoms with E-state index in [1.807, 2.05) is 17.5 Å². The Morgan fingerprint density at radius 3 is 2.27 bits per heavy atom. The van der Waals surface area contributed by atoms with Crippen molar-refractivity contribution in [2.24, 2.45) is 10.2 Å². The Bertz CT molecular complexity index is 1520. The average Bonchev–Trinajstić information content (AvgIpc) is 3.58. The number of thiophene rings is 1. The molecule has 3 N–H and O–H groups in total. The lowest BCUT2D eigenvalue weighted by Crippen LogP contribution is -2.18. The molecule has 0 spiro atoms. The van der Waals surface area contributed by atoms with Gasteiger partial charge in [0.25, 0.3) is 5.91 Å². The van der Waals surface area contributed by atoms with Gasteiger partial charge in [0.05, 0.1) is 48.7 Å². The minimum atomic E-state index is -3.84. The number of nitrogens with one attached hydrogen (secondary N) is 1. The molecule has 0 atom stereocenters. The van der Waals surface area contributed by atoms with Crippen molar-refractivity contribution >= 4 is 33.5 Å². The smallest absolute Gasteiger partial charge is 0.291 e. The normalized spacial score (nSPS) is 11.5. The van der Waals surface area contributed by atoms with Gasteiger partial charge in [-0.05, 0) is 53.9 Å². The summed E-state index contributed by atoms with van der Waals surface area (Å²) in [4.78, 5) is 13.7. The van der Waals surface area contributed by atoms with E-state index in [0.29, 0.717) is 34.2 Å². The molecule has 4 aromatic rings. The van der Waals surface area contributed by atoms with Crippen molar-refractivity contribution in [2.75, 3.05) is 21.3 Å². The van der Waals surface area contributed by atoms with Crippen LogP contribution in [0.1, 0.15) is 16.1 Å². The first kappa shape index (κ1) is 25.9. The van der Waals surface area contributed by atoms with E-state index in [1.165, 1.54) is 51.0 Å². The van der Waals surface area contributed by atoms with E-state index in [-0.39, 0.29) is 10.6 Å². The maximum Gasteiger partial charge on any atom is 0.291 e. The molecule has 0 aliphatic carbocycles. The van der Waals surface area contributed by atoms with E-state index in [0.717, 1.165) is 4.88 Å². The van der Waals surface area contributed by atoms with Crippen LogP contribution >= 0.6 is 11.3 Å². The SMILES string of the molecule is COc1cc(/C=N\NC(=O)c2cc(-c3cccs3)n(-c3ccc(S(N)(=O)=O)cc3)n2)cc(OC)c1OC. The summed E-state index contributed by atoms with van der Waals surface area (Å²) in [6.45, 7) is 0. The van der Waals surface area contributed by atoms with Crippen LogP contribution in [0.25, 0.3) is 16.3 Å². The number of amides is 1. The molecule has 1 amide bonds. The van der Waals surface area contributed by atoms with Crippen molar-refractivity contribution < 1.29 is 27.4 Å². The molecule has 2 aromatic heterocycles. The Labute approximate surface area is 217 Å². The predicted molar refractivity (Wildman–Crippen MR) is 139 cm³/mol. The summed E-state index contributed by atoms with van der Waals surface area (Å²) in [7, 11) is 0.674. The first-order valence-electron chi connectivity index (χ1n) is 10.7. The van der Waals surface area contributed by atoms with Crippen LogP contribution in [0.3, 0.4) is 0 Å². The topological polar surface area (TPSA) is 147 Å². The highest BCUT2D eigenvalue weighted by Gasteiger charge is 2.18. The molecule has 0 radical (unpaired) electrons. The number of nitrogens with two attached hydrogens (primary N) is 1. The number of aromatic nitrogens is 2. The molecule has 0 aliphatic rings. The van der Waals surface area contributed by atoms with Gasteiger partial charge in [0.1, 0.15) is 0 Å². The third-order valence-corrected chi connectivity index (χ3v) is 7.01. The molecule has 0 fully saturated rings. The Morgan fingerprint density at radius 1 is 1.05 bits per heavy atom. The van der Waals surface area contributed by atoms with Crippen LogP contribution in [0.5, 0.6) is 17.2 Å². The standard InChI is InChI=1S/C24H23N5O6S2/c1-33-20-11-15(12-21(34-2)23(20)35-3)14-26-27-24(30)18-13-19(22-5-4-10-36-22)29(28-18)16-6-8-17(9-7-16)37(25,31)32/h4-14H,1-3H3,(H,27,30)(H2,25,31,32)/b26-14-. The van der Waals surface area contributed by atoms with Crippen LogP contribution in [-0.4, -0.2) is 51.6 Å². The second kappa shape index (κ2) is 10.8. The number of benzene rings is 2. The van der Waals surface area contributed by atoms with Crippen molar-refractivity contribution in [3.63, 3.8) is 0 Å². The number of hydrogen-bond donors (Lipinski definition) is 2. The summed E-state index contributed by atoms with van der Waals surface area (Å²) >= 11 is 1.47. The highest BCUT2D eigenvalue weighted by molar-refractivity contribution is 7.89. The summed E-state index contributed by atoms with van der Waals surface area (Å²) in [6, 6.07) is 14.7. The van der Waals surface area contributed by atoms with Gasteiger partial charge >= 0.3 is 0 Å². The molecule has 0 saturated heterocycles. The molecule has 2 heterocycles. The lowest BCUT2D eigenvalue weighted by molar-refractivity contribution is 0.0949. The number of methoxy groups -OCH3 is 3. The third-order valence-electron chi connectivity index (χ3n) is 5.19. The van der Waals surface area contributed by atoms with Crippen molar-refractivity contribution in [2.45, 2.75) is 4.90 Å². The molecule has 0 unspecified atom stereocenters. The molecule has 13 heteroatoms. The second-order valence-corrected chi connectivity index (χ2v) is 10.0. The first-order chi connectivity index (χ1) is 17.7. The van der Waals surface area contributed by atoms with Gasteiger partial charge in [-0.3, -0.25) is 4.79 Å². The summed E-state index contributed by atoms with van der Waals surface area (Å²) in [6.07, 6.45) is 1.44. The van der Waals surface area contributed by atoms with Gasteiger partial charge in [-0.25, -0.2) is 23.7 Å². The number of rotatable bonds is 9. The minimum Gasteiger partial charge on any atom is -0.493 e. The van der Waals surface area contributed by atoms with E-state index < -0.39 is 15.9 Å². The van der Waals surface area contributed by atoms with E-state index in [1.54, 1.807) is 35.0 Å². The number of primary sulfonamides is 1. The summed E-state index contributed by atoms with van der Waals surface area (Å²) in [5.74, 6) is 0.793. The summed E-state index contributed by atoms with van der Waals surface area (Å²) < 4.78 is 40.7. The fraction of sp³-hybridized carbons (Fsp3) is 0.125. The number of nitrogens with zero attached hydrogens (tertiary/aromatic N) is 3. The molecule has 11 nitrogen and oxygen atoms in total. The third kappa shape index (κ3) is 5.63. The zero-order valence-electron chi connectivity index (χ0n) is 20.0. The van der Waals surface area contributed by atoms with Crippen molar-refractivity contribution in [1.29, 1.82) is 0 Å². The van der Waals surface area contributed by atoms with Gasteiger partial charge in [0.2, 0.25) is 15.8 Å². The quantitative estimate of drug-likeness (QED) is 0.244. The maximum absolute atomic E-state index is 12.9. The molecular weight excluding hydrogens is 518 g/mol. The molecule has 192 valence electrons. The monoisotopic (exact) mass is 541 g/mol. The number of carbonyl (C=O) groups is 1. The van der Waals surface area contributed by atoms with Crippen molar-refractivity contribution in [3.05, 3.63) is 71.2 Å². The van der Waals surface area contributed by atoms with Gasteiger partial charge in [0, 0.05) is 5.56 Å². The average molecular weight is 542 g/mol. The molecule has 0 aliphatic heterocycles. The van der Waals surface area contributed by atoms with Gasteiger partial charge in [-0.15, -0.1) is 11.3 Å². The summed E-state index contributed by atoms with van der Waals surface area (Å²) in [5.41, 5.74) is 4.39. The summed E-state index contributed by atoms with van der Waals surface area (Å²) in [5, 5.41) is 15.6. The Hall–Kier alpha value is -4.20. The highest BCUT2D eigenvalue weighted by atomic mass is 32.2. The van der Waals surface area contributed by atoms with Gasteiger partial charge in [-0.2, -0.15) is 10.2 Å². The molecule has 0 bridgehead atoms. The lowest BCUT2D eigenvalue weighted by Gasteiger charge is -2.12. The predicted octanol–water partition coefficient (Wildman–Crippen LogP) is 3.04.